The van der Waals surface area contributed by atoms with Crippen LogP contribution in [0.1, 0.15) is 66.7 Å². The van der Waals surface area contributed by atoms with E-state index < -0.39 is 0 Å². The summed E-state index contributed by atoms with van der Waals surface area (Å²) in [6.07, 6.45) is 10.7. The molecule has 0 aromatic rings. The summed E-state index contributed by atoms with van der Waals surface area (Å²) in [5.41, 5.74) is 8.83. The Hall–Kier alpha value is -0.760. The second kappa shape index (κ2) is 10.1. The first-order chi connectivity index (χ1) is 10.4. The van der Waals surface area contributed by atoms with Crippen LogP contribution in [0.3, 0.4) is 0 Å². The van der Waals surface area contributed by atoms with Crippen molar-refractivity contribution >= 4 is 0 Å². The van der Waals surface area contributed by atoms with Gasteiger partial charge in [0, 0.05) is 5.70 Å². The second-order valence-corrected chi connectivity index (χ2v) is 7.83. The van der Waals surface area contributed by atoms with E-state index in [0.717, 1.165) is 30.6 Å². The summed E-state index contributed by atoms with van der Waals surface area (Å²) < 4.78 is 0. The van der Waals surface area contributed by atoms with Gasteiger partial charge in [0.2, 0.25) is 0 Å². The molecule has 0 saturated heterocycles. The highest BCUT2D eigenvalue weighted by Gasteiger charge is 2.21. The lowest BCUT2D eigenvalue weighted by atomic mass is 9.84. The van der Waals surface area contributed by atoms with Crippen molar-refractivity contribution in [1.29, 1.82) is 0 Å². The zero-order chi connectivity index (χ0) is 16.5. The van der Waals surface area contributed by atoms with Crippen molar-refractivity contribution in [2.75, 3.05) is 13.1 Å². The van der Waals surface area contributed by atoms with Crippen molar-refractivity contribution in [3.8, 4) is 0 Å². The Labute approximate surface area is 138 Å². The highest BCUT2D eigenvalue weighted by Crippen LogP contribution is 2.31. The minimum Gasteiger partial charge on any atom is -0.402 e. The van der Waals surface area contributed by atoms with Gasteiger partial charge in [0.15, 0.2) is 0 Å². The lowest BCUT2D eigenvalue weighted by Gasteiger charge is -2.23. The Balaban J connectivity index is 2.23. The monoisotopic (exact) mass is 306 g/mol. The maximum atomic E-state index is 6.28. The van der Waals surface area contributed by atoms with E-state index >= 15 is 0 Å². The molecule has 1 aliphatic carbocycles. The fourth-order valence-electron chi connectivity index (χ4n) is 3.20. The van der Waals surface area contributed by atoms with Crippen LogP contribution in [0.2, 0.25) is 0 Å². The number of nitrogens with two attached hydrogens (primary N) is 1. The normalized spacial score (nSPS) is 23.9. The summed E-state index contributed by atoms with van der Waals surface area (Å²) >= 11 is 0. The largest absolute Gasteiger partial charge is 0.402 e. The smallest absolute Gasteiger partial charge is 0.0112 e. The van der Waals surface area contributed by atoms with Crippen LogP contribution in [0.5, 0.6) is 0 Å². The number of rotatable bonds is 9. The van der Waals surface area contributed by atoms with E-state index in [1.807, 2.05) is 0 Å². The van der Waals surface area contributed by atoms with Crippen LogP contribution in [0.4, 0.5) is 0 Å². The molecule has 0 heterocycles. The second-order valence-electron chi connectivity index (χ2n) is 7.83. The molecule has 22 heavy (non-hydrogen) atoms. The molecule has 0 radical (unpaired) electrons. The molecule has 0 aromatic carbocycles. The third kappa shape index (κ3) is 7.49. The molecule has 3 N–H and O–H groups in total. The molecule has 0 unspecified atom stereocenters. The van der Waals surface area contributed by atoms with E-state index in [4.69, 9.17) is 5.73 Å². The van der Waals surface area contributed by atoms with Gasteiger partial charge in [-0.25, -0.2) is 0 Å². The molecule has 1 rings (SSSR count). The average molecular weight is 307 g/mol. The number of nitrogens with one attached hydrogen (secondary N) is 1. The van der Waals surface area contributed by atoms with Crippen LogP contribution in [0, 0.1) is 23.7 Å². The van der Waals surface area contributed by atoms with Crippen LogP contribution in [0.15, 0.2) is 23.4 Å². The van der Waals surface area contributed by atoms with Crippen LogP contribution >= 0.6 is 0 Å². The molecule has 0 saturated carbocycles. The predicted octanol–water partition coefficient (Wildman–Crippen LogP) is 4.87. The number of allylic oxidation sites excluding steroid dienone is 4. The van der Waals surface area contributed by atoms with Crippen molar-refractivity contribution in [2.45, 2.75) is 66.7 Å². The first-order valence-electron chi connectivity index (χ1n) is 9.24. The number of hydrogen-bond acceptors (Lipinski definition) is 2. The van der Waals surface area contributed by atoms with Crippen molar-refractivity contribution in [2.24, 2.45) is 29.4 Å². The van der Waals surface area contributed by atoms with E-state index in [1.54, 1.807) is 0 Å². The van der Waals surface area contributed by atoms with Gasteiger partial charge >= 0.3 is 0 Å². The lowest BCUT2D eigenvalue weighted by Crippen LogP contribution is -2.20. The van der Waals surface area contributed by atoms with Crippen molar-refractivity contribution in [3.63, 3.8) is 0 Å². The summed E-state index contributed by atoms with van der Waals surface area (Å²) in [6.45, 7) is 13.8. The Kier molecular flexibility index (Phi) is 8.85. The van der Waals surface area contributed by atoms with Gasteiger partial charge in [-0.1, -0.05) is 39.3 Å². The van der Waals surface area contributed by atoms with Gasteiger partial charge in [-0.3, -0.25) is 0 Å². The summed E-state index contributed by atoms with van der Waals surface area (Å²) in [4.78, 5) is 0. The van der Waals surface area contributed by atoms with E-state index in [0.29, 0.717) is 11.8 Å². The molecular weight excluding hydrogens is 268 g/mol. The van der Waals surface area contributed by atoms with Gasteiger partial charge < -0.3 is 11.1 Å². The van der Waals surface area contributed by atoms with Gasteiger partial charge in [-0.15, -0.1) is 0 Å². The first kappa shape index (κ1) is 19.3. The van der Waals surface area contributed by atoms with Gasteiger partial charge in [0.25, 0.3) is 0 Å². The Bertz CT molecular complexity index is 368. The Morgan fingerprint density at radius 1 is 1.18 bits per heavy atom. The third-order valence-corrected chi connectivity index (χ3v) is 5.06. The molecule has 2 heteroatoms. The van der Waals surface area contributed by atoms with Gasteiger partial charge in [0.05, 0.1) is 0 Å². The summed E-state index contributed by atoms with van der Waals surface area (Å²) in [5.74, 6) is 2.78. The number of hydrogen-bond donors (Lipinski definition) is 2. The molecule has 0 spiro atoms. The summed E-state index contributed by atoms with van der Waals surface area (Å²) in [5, 5.41) is 3.56. The molecule has 2 nitrogen and oxygen atoms in total. The van der Waals surface area contributed by atoms with E-state index in [1.165, 1.54) is 37.7 Å². The fraction of sp³-hybridized carbons (Fsp3) is 0.800. The zero-order valence-electron chi connectivity index (χ0n) is 15.5. The van der Waals surface area contributed by atoms with Crippen LogP contribution in [-0.4, -0.2) is 13.1 Å². The maximum absolute atomic E-state index is 6.28. The van der Waals surface area contributed by atoms with E-state index in [9.17, 15) is 0 Å². The van der Waals surface area contributed by atoms with Crippen LogP contribution in [0.25, 0.3) is 0 Å². The molecule has 0 aromatic heterocycles. The quantitative estimate of drug-likeness (QED) is 0.596. The topological polar surface area (TPSA) is 38.0 Å². The van der Waals surface area contributed by atoms with E-state index in [2.05, 4.69) is 52.1 Å². The van der Waals surface area contributed by atoms with Crippen molar-refractivity contribution in [3.05, 3.63) is 23.4 Å². The SMILES string of the molecule is CC1=CC=C(N)[C@H](C[C@H](C)CCCNCCC(C)C)C[C@@H]1C. The molecule has 0 amide bonds. The zero-order valence-corrected chi connectivity index (χ0v) is 15.5. The van der Waals surface area contributed by atoms with Crippen LogP contribution in [-0.2, 0) is 0 Å². The Morgan fingerprint density at radius 3 is 2.59 bits per heavy atom. The standard InChI is InChI=1S/C20H38N2/c1-15(2)10-12-22-11-6-7-16(3)13-19-14-18(5)17(4)8-9-20(19)21/h8-9,15-16,18-19,22H,6-7,10-14,21H2,1-5H3/t16-,18+,19-/m1/s1. The summed E-state index contributed by atoms with van der Waals surface area (Å²) in [6, 6.07) is 0. The lowest BCUT2D eigenvalue weighted by molar-refractivity contribution is 0.357. The molecule has 0 aliphatic heterocycles. The minimum absolute atomic E-state index is 0.563. The average Bonchev–Trinajstić information content (AvgIpc) is 2.56. The molecule has 128 valence electrons. The van der Waals surface area contributed by atoms with Crippen LogP contribution < -0.4 is 11.1 Å². The fourth-order valence-corrected chi connectivity index (χ4v) is 3.20. The molecule has 0 bridgehead atoms. The van der Waals surface area contributed by atoms with Crippen molar-refractivity contribution in [1.82, 2.24) is 5.32 Å². The Morgan fingerprint density at radius 2 is 1.91 bits per heavy atom. The van der Waals surface area contributed by atoms with Crippen molar-refractivity contribution < 1.29 is 0 Å². The third-order valence-electron chi connectivity index (χ3n) is 5.06. The minimum atomic E-state index is 0.563. The highest BCUT2D eigenvalue weighted by atomic mass is 14.8. The predicted molar refractivity (Wildman–Crippen MR) is 98.6 cm³/mol. The summed E-state index contributed by atoms with van der Waals surface area (Å²) in [7, 11) is 0. The molecule has 0 fully saturated rings. The maximum Gasteiger partial charge on any atom is 0.0112 e. The van der Waals surface area contributed by atoms with Gasteiger partial charge in [-0.05, 0) is 81.9 Å². The first-order valence-corrected chi connectivity index (χ1v) is 9.24. The highest BCUT2D eigenvalue weighted by molar-refractivity contribution is 5.21. The molecule has 1 aliphatic rings. The molecular formula is C20H38N2. The van der Waals surface area contributed by atoms with E-state index in [-0.39, 0.29) is 0 Å². The molecule has 3 atom stereocenters. The van der Waals surface area contributed by atoms with Gasteiger partial charge in [-0.2, -0.15) is 0 Å². The van der Waals surface area contributed by atoms with Gasteiger partial charge in [0.1, 0.15) is 0 Å².